The van der Waals surface area contributed by atoms with Gasteiger partial charge in [-0.3, -0.25) is 0 Å². The Morgan fingerprint density at radius 3 is 2.76 bits per heavy atom. The zero-order valence-electron chi connectivity index (χ0n) is 10.3. The summed E-state index contributed by atoms with van der Waals surface area (Å²) in [4.78, 5) is 4.20. The summed E-state index contributed by atoms with van der Waals surface area (Å²) in [5, 5.41) is 13.7. The van der Waals surface area contributed by atoms with Crippen LogP contribution in [0.2, 0.25) is 5.02 Å². The van der Waals surface area contributed by atoms with Crippen molar-refractivity contribution in [1.29, 1.82) is 0 Å². The number of halogens is 3. The summed E-state index contributed by atoms with van der Waals surface area (Å²) < 4.78 is 19.2. The Morgan fingerprint density at radius 1 is 1.19 bits per heavy atom. The Balaban J connectivity index is 2.03. The van der Waals surface area contributed by atoms with E-state index in [0.29, 0.717) is 11.1 Å². The van der Waals surface area contributed by atoms with Crippen molar-refractivity contribution in [2.45, 2.75) is 0 Å². The summed E-state index contributed by atoms with van der Waals surface area (Å²) in [7, 11) is 0. The first-order valence-corrected chi connectivity index (χ1v) is 7.28. The summed E-state index contributed by atoms with van der Waals surface area (Å²) in [6, 6.07) is 9.19. The molecule has 0 atom stereocenters. The minimum absolute atomic E-state index is 0.0176. The van der Waals surface area contributed by atoms with Crippen LogP contribution in [0.3, 0.4) is 0 Å². The lowest BCUT2D eigenvalue weighted by atomic mass is 10.2. The van der Waals surface area contributed by atoms with Gasteiger partial charge in [0.15, 0.2) is 0 Å². The zero-order chi connectivity index (χ0) is 15.0. The Morgan fingerprint density at radius 2 is 2.00 bits per heavy atom. The van der Waals surface area contributed by atoms with Crippen molar-refractivity contribution >= 4 is 34.2 Å². The Kier molecular flexibility index (Phi) is 3.81. The molecule has 1 N–H and O–H groups in total. The number of nitrogens with zero attached hydrogens (tertiary/aromatic N) is 2. The summed E-state index contributed by atoms with van der Waals surface area (Å²) >= 11 is 7.85. The number of phenolic OH excluding ortho intramolecular Hbond substituents is 1. The molecule has 0 saturated carbocycles. The maximum atomic E-state index is 13.2. The molecular weight excluding hydrogens is 410 g/mol. The van der Waals surface area contributed by atoms with E-state index in [4.69, 9.17) is 16.1 Å². The van der Waals surface area contributed by atoms with Crippen molar-refractivity contribution in [3.63, 3.8) is 0 Å². The van der Waals surface area contributed by atoms with E-state index in [9.17, 15) is 9.50 Å². The zero-order valence-corrected chi connectivity index (χ0v) is 13.3. The minimum atomic E-state index is -0.514. The second-order valence-electron chi connectivity index (χ2n) is 4.21. The fourth-order valence-corrected chi connectivity index (χ4v) is 2.44. The van der Waals surface area contributed by atoms with Gasteiger partial charge < -0.3 is 9.63 Å². The Labute approximate surface area is 137 Å². The van der Waals surface area contributed by atoms with E-state index in [0.717, 1.165) is 3.57 Å². The predicted molar refractivity (Wildman–Crippen MR) is 84.5 cm³/mol. The Bertz CT molecular complexity index is 822. The highest BCUT2D eigenvalue weighted by Crippen LogP contribution is 2.31. The minimum Gasteiger partial charge on any atom is -0.507 e. The molecule has 0 fully saturated rings. The Hall–Kier alpha value is -1.67. The normalized spacial score (nSPS) is 10.8. The van der Waals surface area contributed by atoms with Gasteiger partial charge in [0, 0.05) is 9.13 Å². The van der Waals surface area contributed by atoms with Crippen LogP contribution in [0.5, 0.6) is 5.75 Å². The van der Waals surface area contributed by atoms with Gasteiger partial charge >= 0.3 is 0 Å². The second kappa shape index (κ2) is 5.61. The van der Waals surface area contributed by atoms with Gasteiger partial charge in [0.25, 0.3) is 5.89 Å². The average Bonchev–Trinajstić information content (AvgIpc) is 2.94. The first-order valence-electron chi connectivity index (χ1n) is 5.82. The van der Waals surface area contributed by atoms with E-state index in [1.807, 2.05) is 0 Å². The van der Waals surface area contributed by atoms with Gasteiger partial charge in [0.05, 0.1) is 10.6 Å². The van der Waals surface area contributed by atoms with E-state index < -0.39 is 5.82 Å². The highest BCUT2D eigenvalue weighted by molar-refractivity contribution is 14.1. The molecule has 0 unspecified atom stereocenters. The molecule has 106 valence electrons. The van der Waals surface area contributed by atoms with Crippen LogP contribution in [0.4, 0.5) is 4.39 Å². The number of hydrogen-bond acceptors (Lipinski definition) is 4. The van der Waals surface area contributed by atoms with Crippen LogP contribution in [0.15, 0.2) is 40.9 Å². The van der Waals surface area contributed by atoms with Crippen LogP contribution in [-0.4, -0.2) is 15.2 Å². The van der Waals surface area contributed by atoms with Crippen molar-refractivity contribution in [3.8, 4) is 28.6 Å². The lowest BCUT2D eigenvalue weighted by Gasteiger charge is -1.99. The molecule has 1 heterocycles. The van der Waals surface area contributed by atoms with E-state index in [-0.39, 0.29) is 22.5 Å². The molecule has 4 nitrogen and oxygen atoms in total. The molecule has 0 radical (unpaired) electrons. The van der Waals surface area contributed by atoms with Crippen LogP contribution in [0.1, 0.15) is 0 Å². The van der Waals surface area contributed by atoms with Crippen molar-refractivity contribution < 1.29 is 14.0 Å². The SMILES string of the molecule is Oc1ccc(I)cc1-c1nc(-c2ccc(F)c(Cl)c2)no1. The number of hydrogen-bond donors (Lipinski definition) is 1. The van der Waals surface area contributed by atoms with Crippen LogP contribution in [-0.2, 0) is 0 Å². The van der Waals surface area contributed by atoms with E-state index >= 15 is 0 Å². The van der Waals surface area contributed by atoms with Gasteiger partial charge in [0.1, 0.15) is 11.6 Å². The molecule has 3 aromatic rings. The van der Waals surface area contributed by atoms with Gasteiger partial charge in [-0.05, 0) is 59.0 Å². The standard InChI is InChI=1S/C14H7ClFIN2O2/c15-10-5-7(1-3-11(10)16)13-18-14(21-19-13)9-6-8(17)2-4-12(9)20/h1-6,20H. The fourth-order valence-electron chi connectivity index (χ4n) is 1.76. The quantitative estimate of drug-likeness (QED) is 0.625. The predicted octanol–water partition coefficient (Wildman–Crippen LogP) is 4.51. The summed E-state index contributed by atoms with van der Waals surface area (Å²) in [6.45, 7) is 0. The molecule has 0 spiro atoms. The topological polar surface area (TPSA) is 59.2 Å². The maximum absolute atomic E-state index is 13.2. The third kappa shape index (κ3) is 2.86. The molecule has 0 aliphatic heterocycles. The highest BCUT2D eigenvalue weighted by Gasteiger charge is 2.15. The number of benzene rings is 2. The fraction of sp³-hybridized carbons (Fsp3) is 0. The van der Waals surface area contributed by atoms with Crippen molar-refractivity contribution in [3.05, 3.63) is 50.8 Å². The largest absolute Gasteiger partial charge is 0.507 e. The number of rotatable bonds is 2. The smallest absolute Gasteiger partial charge is 0.262 e. The lowest BCUT2D eigenvalue weighted by molar-refractivity contribution is 0.425. The monoisotopic (exact) mass is 416 g/mol. The van der Waals surface area contributed by atoms with Crippen LogP contribution in [0.25, 0.3) is 22.8 Å². The third-order valence-corrected chi connectivity index (χ3v) is 3.75. The number of aromatic nitrogens is 2. The third-order valence-electron chi connectivity index (χ3n) is 2.79. The van der Waals surface area contributed by atoms with E-state index in [1.54, 1.807) is 18.2 Å². The molecule has 21 heavy (non-hydrogen) atoms. The van der Waals surface area contributed by atoms with E-state index in [2.05, 4.69) is 32.7 Å². The molecule has 3 rings (SSSR count). The number of aromatic hydroxyl groups is 1. The summed E-state index contributed by atoms with van der Waals surface area (Å²) in [6.07, 6.45) is 0. The van der Waals surface area contributed by atoms with Crippen molar-refractivity contribution in [2.75, 3.05) is 0 Å². The number of phenols is 1. The summed E-state index contributed by atoms with van der Waals surface area (Å²) in [5.74, 6) is -0.0197. The molecule has 1 aromatic heterocycles. The first kappa shape index (κ1) is 14.3. The maximum Gasteiger partial charge on any atom is 0.262 e. The van der Waals surface area contributed by atoms with Gasteiger partial charge in [-0.1, -0.05) is 16.8 Å². The van der Waals surface area contributed by atoms with Gasteiger partial charge in [-0.15, -0.1) is 0 Å². The molecule has 0 amide bonds. The lowest BCUT2D eigenvalue weighted by Crippen LogP contribution is -1.84. The van der Waals surface area contributed by atoms with Crippen molar-refractivity contribution in [2.24, 2.45) is 0 Å². The van der Waals surface area contributed by atoms with E-state index in [1.165, 1.54) is 18.2 Å². The van der Waals surface area contributed by atoms with Crippen LogP contribution in [0, 0.1) is 9.39 Å². The first-order chi connectivity index (χ1) is 10.0. The van der Waals surface area contributed by atoms with Gasteiger partial charge in [0.2, 0.25) is 5.82 Å². The molecular formula is C14H7ClFIN2O2. The second-order valence-corrected chi connectivity index (χ2v) is 5.87. The molecule has 7 heteroatoms. The summed E-state index contributed by atoms with van der Waals surface area (Å²) in [5.41, 5.74) is 0.968. The molecule has 0 saturated heterocycles. The molecule has 0 aliphatic rings. The van der Waals surface area contributed by atoms with Crippen molar-refractivity contribution in [1.82, 2.24) is 10.1 Å². The highest BCUT2D eigenvalue weighted by atomic mass is 127. The van der Waals surface area contributed by atoms with Crippen LogP contribution < -0.4 is 0 Å². The van der Waals surface area contributed by atoms with Gasteiger partial charge in [-0.2, -0.15) is 4.98 Å². The average molecular weight is 417 g/mol. The van der Waals surface area contributed by atoms with Gasteiger partial charge in [-0.25, -0.2) is 4.39 Å². The molecule has 0 bridgehead atoms. The van der Waals surface area contributed by atoms with Crippen LogP contribution >= 0.6 is 34.2 Å². The molecule has 0 aliphatic carbocycles. The molecule has 2 aromatic carbocycles.